The first-order valence-electron chi connectivity index (χ1n) is 8.45. The molecule has 1 saturated heterocycles. The molecule has 1 amide bonds. The van der Waals surface area contributed by atoms with Crippen molar-refractivity contribution >= 4 is 15.9 Å². The normalized spacial score (nSPS) is 18.3. The molecule has 0 spiro atoms. The van der Waals surface area contributed by atoms with Crippen molar-refractivity contribution in [3.05, 3.63) is 30.2 Å². The van der Waals surface area contributed by atoms with E-state index in [9.17, 15) is 13.2 Å². The molecule has 1 aromatic heterocycles. The quantitative estimate of drug-likeness (QED) is 0.806. The predicted octanol–water partition coefficient (Wildman–Crippen LogP) is 1.86. The van der Waals surface area contributed by atoms with Gasteiger partial charge in [0.15, 0.2) is 0 Å². The van der Waals surface area contributed by atoms with E-state index in [1.807, 2.05) is 0 Å². The maximum Gasteiger partial charge on any atom is 0.311 e. The number of benzene rings is 1. The molecule has 26 heavy (non-hydrogen) atoms. The summed E-state index contributed by atoms with van der Waals surface area (Å²) in [6, 6.07) is 6.12. The van der Waals surface area contributed by atoms with Gasteiger partial charge in [0.25, 0.3) is 0 Å². The van der Waals surface area contributed by atoms with Crippen molar-refractivity contribution in [1.82, 2.24) is 19.4 Å². The van der Waals surface area contributed by atoms with E-state index in [4.69, 9.17) is 4.42 Å². The van der Waals surface area contributed by atoms with Crippen LogP contribution in [0.2, 0.25) is 0 Å². The van der Waals surface area contributed by atoms with Crippen molar-refractivity contribution in [1.29, 1.82) is 0 Å². The monoisotopic (exact) mass is 378 g/mol. The fourth-order valence-electron chi connectivity index (χ4n) is 2.92. The van der Waals surface area contributed by atoms with Crippen molar-refractivity contribution in [2.75, 3.05) is 27.2 Å². The van der Waals surface area contributed by atoms with E-state index in [2.05, 4.69) is 17.1 Å². The lowest BCUT2D eigenvalue weighted by Crippen LogP contribution is -2.39. The third-order valence-electron chi connectivity index (χ3n) is 4.43. The van der Waals surface area contributed by atoms with Crippen molar-refractivity contribution < 1.29 is 17.6 Å². The summed E-state index contributed by atoms with van der Waals surface area (Å²) in [4.78, 5) is 14.4. The highest BCUT2D eigenvalue weighted by molar-refractivity contribution is 7.89. The number of carbonyl (C=O) groups is 1. The number of carbonyl (C=O) groups excluding carboxylic acids is 1. The van der Waals surface area contributed by atoms with E-state index in [-0.39, 0.29) is 22.6 Å². The molecule has 8 nitrogen and oxygen atoms in total. The van der Waals surface area contributed by atoms with Gasteiger partial charge in [-0.3, -0.25) is 4.79 Å². The second-order valence-corrected chi connectivity index (χ2v) is 8.87. The number of aromatic nitrogens is 2. The van der Waals surface area contributed by atoms with E-state index < -0.39 is 10.0 Å². The lowest BCUT2D eigenvalue weighted by atomic mass is 10.0. The number of piperidine rings is 1. The second-order valence-electron chi connectivity index (χ2n) is 6.72. The number of nitrogens with zero attached hydrogens (tertiary/aromatic N) is 4. The first-order valence-corrected chi connectivity index (χ1v) is 9.89. The first-order chi connectivity index (χ1) is 12.3. The van der Waals surface area contributed by atoms with E-state index in [1.165, 1.54) is 26.2 Å². The van der Waals surface area contributed by atoms with Gasteiger partial charge in [0.05, 0.1) is 4.90 Å². The first kappa shape index (κ1) is 18.5. The molecular weight excluding hydrogens is 356 g/mol. The van der Waals surface area contributed by atoms with E-state index in [0.717, 1.165) is 17.1 Å². The molecule has 2 aromatic rings. The maximum atomic E-state index is 12.5. The van der Waals surface area contributed by atoms with Crippen LogP contribution in [-0.2, 0) is 10.0 Å². The molecule has 140 valence electrons. The van der Waals surface area contributed by atoms with Gasteiger partial charge in [0, 0.05) is 32.7 Å². The van der Waals surface area contributed by atoms with E-state index in [1.54, 1.807) is 17.0 Å². The number of likely N-dealkylation sites (tertiary alicyclic amines) is 1. The summed E-state index contributed by atoms with van der Waals surface area (Å²) >= 11 is 0. The van der Waals surface area contributed by atoms with Crippen LogP contribution in [0, 0.1) is 5.92 Å². The van der Waals surface area contributed by atoms with Crippen LogP contribution in [0.15, 0.2) is 33.6 Å². The molecule has 1 fully saturated rings. The zero-order valence-electron chi connectivity index (χ0n) is 15.0. The van der Waals surface area contributed by atoms with Gasteiger partial charge in [-0.25, -0.2) is 12.7 Å². The van der Waals surface area contributed by atoms with Gasteiger partial charge in [-0.2, -0.15) is 0 Å². The van der Waals surface area contributed by atoms with Crippen LogP contribution in [0.25, 0.3) is 11.5 Å². The lowest BCUT2D eigenvalue weighted by molar-refractivity contribution is 0.0643. The minimum atomic E-state index is -3.50. The summed E-state index contributed by atoms with van der Waals surface area (Å²) in [5.41, 5.74) is 0.557. The average Bonchev–Trinajstić information content (AvgIpc) is 3.11. The van der Waals surface area contributed by atoms with E-state index >= 15 is 0 Å². The van der Waals surface area contributed by atoms with Crippen LogP contribution >= 0.6 is 0 Å². The molecule has 0 aliphatic carbocycles. The Hall–Kier alpha value is -2.26. The molecule has 0 saturated carbocycles. The van der Waals surface area contributed by atoms with Gasteiger partial charge in [0.2, 0.25) is 15.9 Å². The van der Waals surface area contributed by atoms with Crippen LogP contribution < -0.4 is 0 Å². The van der Waals surface area contributed by atoms with Crippen molar-refractivity contribution in [2.45, 2.75) is 24.7 Å². The Morgan fingerprint density at radius 1 is 1.23 bits per heavy atom. The van der Waals surface area contributed by atoms with Crippen molar-refractivity contribution in [3.63, 3.8) is 0 Å². The number of hydrogen-bond acceptors (Lipinski definition) is 6. The van der Waals surface area contributed by atoms with Crippen molar-refractivity contribution in [2.24, 2.45) is 5.92 Å². The van der Waals surface area contributed by atoms with Crippen LogP contribution in [0.1, 0.15) is 30.5 Å². The Morgan fingerprint density at radius 2 is 1.92 bits per heavy atom. The Morgan fingerprint density at radius 3 is 2.54 bits per heavy atom. The molecule has 1 aromatic carbocycles. The Bertz CT molecular complexity index is 890. The van der Waals surface area contributed by atoms with Crippen LogP contribution in [0.4, 0.5) is 0 Å². The van der Waals surface area contributed by atoms with Gasteiger partial charge >= 0.3 is 11.8 Å². The Balaban J connectivity index is 1.78. The molecule has 2 heterocycles. The standard InChI is InChI=1S/C17H22N4O4S/c1-12-5-4-10-21(11-12)17(22)16-19-18-15(25-16)13-6-8-14(9-7-13)26(23,24)20(2)3/h6-9,12H,4-5,10-11H2,1-3H3/t12-/m1/s1. The lowest BCUT2D eigenvalue weighted by Gasteiger charge is -2.29. The predicted molar refractivity (Wildman–Crippen MR) is 94.9 cm³/mol. The molecule has 0 bridgehead atoms. The SMILES string of the molecule is C[C@@H]1CCCN(C(=O)c2nnc(-c3ccc(S(=O)(=O)N(C)C)cc3)o2)C1. The van der Waals surface area contributed by atoms with Gasteiger partial charge in [-0.15, -0.1) is 10.2 Å². The highest BCUT2D eigenvalue weighted by Gasteiger charge is 2.26. The second kappa shape index (κ2) is 7.16. The van der Waals surface area contributed by atoms with Gasteiger partial charge < -0.3 is 9.32 Å². The number of rotatable bonds is 4. The third-order valence-corrected chi connectivity index (χ3v) is 6.26. The molecule has 3 rings (SSSR count). The molecule has 0 unspecified atom stereocenters. The zero-order chi connectivity index (χ0) is 18.9. The van der Waals surface area contributed by atoms with Gasteiger partial charge in [-0.05, 0) is 43.0 Å². The maximum absolute atomic E-state index is 12.5. The molecule has 9 heteroatoms. The highest BCUT2D eigenvalue weighted by atomic mass is 32.2. The summed E-state index contributed by atoms with van der Waals surface area (Å²) in [6.45, 7) is 3.49. The fraction of sp³-hybridized carbons (Fsp3) is 0.471. The van der Waals surface area contributed by atoms with Gasteiger partial charge in [0.1, 0.15) is 0 Å². The summed E-state index contributed by atoms with van der Waals surface area (Å²) in [6.07, 6.45) is 2.08. The third kappa shape index (κ3) is 3.63. The minimum absolute atomic E-state index is 0.0425. The molecule has 0 radical (unpaired) electrons. The van der Waals surface area contributed by atoms with Gasteiger partial charge in [-0.1, -0.05) is 6.92 Å². The van der Waals surface area contributed by atoms with Crippen LogP contribution in [0.5, 0.6) is 0 Å². The minimum Gasteiger partial charge on any atom is -0.412 e. The average molecular weight is 378 g/mol. The topological polar surface area (TPSA) is 96.6 Å². The van der Waals surface area contributed by atoms with Crippen LogP contribution in [0.3, 0.4) is 0 Å². The zero-order valence-corrected chi connectivity index (χ0v) is 15.9. The number of amides is 1. The summed E-state index contributed by atoms with van der Waals surface area (Å²) in [7, 11) is -0.552. The summed E-state index contributed by atoms with van der Waals surface area (Å²) < 4.78 is 30.9. The summed E-state index contributed by atoms with van der Waals surface area (Å²) in [5.74, 6) is 0.342. The van der Waals surface area contributed by atoms with Crippen LogP contribution in [-0.4, -0.2) is 60.9 Å². The molecular formula is C17H22N4O4S. The molecule has 1 atom stereocenters. The number of sulfonamides is 1. The number of hydrogen-bond donors (Lipinski definition) is 0. The molecule has 0 N–H and O–H groups in total. The molecule has 1 aliphatic heterocycles. The van der Waals surface area contributed by atoms with Crippen molar-refractivity contribution in [3.8, 4) is 11.5 Å². The Labute approximate surface area is 152 Å². The highest BCUT2D eigenvalue weighted by Crippen LogP contribution is 2.23. The fourth-order valence-corrected chi connectivity index (χ4v) is 3.82. The van der Waals surface area contributed by atoms with E-state index in [0.29, 0.717) is 24.6 Å². The smallest absolute Gasteiger partial charge is 0.311 e. The largest absolute Gasteiger partial charge is 0.412 e. The Kier molecular flexibility index (Phi) is 5.10. The molecule has 1 aliphatic rings. The summed E-state index contributed by atoms with van der Waals surface area (Å²) in [5, 5.41) is 7.78.